The fraction of sp³-hybridized carbons (Fsp3) is 0.417. The van der Waals surface area contributed by atoms with E-state index in [1.54, 1.807) is 0 Å². The number of nitrogens with zero attached hydrogens (tertiary/aromatic N) is 1. The van der Waals surface area contributed by atoms with Crippen LogP contribution in [0, 0.1) is 10.1 Å². The largest absolute Gasteiger partial charge is 0.484 e. The molecule has 1 N–H and O–H groups in total. The van der Waals surface area contributed by atoms with Gasteiger partial charge in [0.05, 0.1) is 21.4 Å². The second-order valence-corrected chi connectivity index (χ2v) is 5.52. The van der Waals surface area contributed by atoms with Crippen LogP contribution in [-0.2, 0) is 4.79 Å². The van der Waals surface area contributed by atoms with Gasteiger partial charge in [0.25, 0.3) is 5.69 Å². The molecule has 0 atom stereocenters. The molecule has 8 heteroatoms. The molecule has 1 fully saturated rings. The third-order valence-corrected chi connectivity index (χ3v) is 3.81. The number of carboxylic acid groups (broad SMARTS) is 1. The standard InChI is InChI=1S/C12H11Cl2NO5/c13-8-4-7(15(18)19)5-9(14)11(8)20-12(2-1-3-12)6-10(16)17/h4-5H,1-3,6H2,(H,16,17). The lowest BCUT2D eigenvalue weighted by molar-refractivity contribution is -0.384. The molecule has 0 bridgehead atoms. The summed E-state index contributed by atoms with van der Waals surface area (Å²) in [5.74, 6) is -0.876. The molecule has 0 heterocycles. The molecular formula is C12H11Cl2NO5. The van der Waals surface area contributed by atoms with Crippen molar-refractivity contribution in [3.8, 4) is 5.75 Å². The Labute approximate surface area is 124 Å². The zero-order chi connectivity index (χ0) is 14.9. The molecule has 0 spiro atoms. The van der Waals surface area contributed by atoms with Gasteiger partial charge < -0.3 is 9.84 Å². The molecule has 0 unspecified atom stereocenters. The van der Waals surface area contributed by atoms with Crippen LogP contribution < -0.4 is 4.74 Å². The molecule has 1 aromatic rings. The second kappa shape index (κ2) is 5.46. The van der Waals surface area contributed by atoms with E-state index in [1.807, 2.05) is 0 Å². The highest BCUT2D eigenvalue weighted by Crippen LogP contribution is 2.45. The second-order valence-electron chi connectivity index (χ2n) is 4.70. The summed E-state index contributed by atoms with van der Waals surface area (Å²) in [5, 5.41) is 19.6. The highest BCUT2D eigenvalue weighted by molar-refractivity contribution is 6.37. The van der Waals surface area contributed by atoms with E-state index < -0.39 is 16.5 Å². The first kappa shape index (κ1) is 14.9. The highest BCUT2D eigenvalue weighted by atomic mass is 35.5. The zero-order valence-electron chi connectivity index (χ0n) is 10.3. The van der Waals surface area contributed by atoms with Crippen molar-refractivity contribution in [3.05, 3.63) is 32.3 Å². The van der Waals surface area contributed by atoms with Crippen molar-refractivity contribution < 1.29 is 19.6 Å². The predicted molar refractivity (Wildman–Crippen MR) is 72.6 cm³/mol. The summed E-state index contributed by atoms with van der Waals surface area (Å²) in [4.78, 5) is 20.9. The minimum absolute atomic E-state index is 0.000800. The number of non-ortho nitro benzene ring substituents is 1. The van der Waals surface area contributed by atoms with Gasteiger partial charge in [-0.25, -0.2) is 0 Å². The number of ether oxygens (including phenoxy) is 1. The molecule has 0 aliphatic heterocycles. The van der Waals surface area contributed by atoms with Crippen molar-refractivity contribution in [2.75, 3.05) is 0 Å². The van der Waals surface area contributed by atoms with Gasteiger partial charge in [-0.15, -0.1) is 0 Å². The third kappa shape index (κ3) is 2.96. The topological polar surface area (TPSA) is 89.7 Å². The molecule has 6 nitrogen and oxygen atoms in total. The normalized spacial score (nSPS) is 16.3. The maximum atomic E-state index is 10.9. The molecule has 0 radical (unpaired) electrons. The number of hydrogen-bond donors (Lipinski definition) is 1. The van der Waals surface area contributed by atoms with Crippen LogP contribution in [0.4, 0.5) is 5.69 Å². The maximum absolute atomic E-state index is 10.9. The zero-order valence-corrected chi connectivity index (χ0v) is 11.8. The van der Waals surface area contributed by atoms with E-state index in [0.717, 1.165) is 18.6 Å². The van der Waals surface area contributed by atoms with Gasteiger partial charge in [-0.2, -0.15) is 0 Å². The van der Waals surface area contributed by atoms with Crippen LogP contribution in [-0.4, -0.2) is 21.6 Å². The summed E-state index contributed by atoms with van der Waals surface area (Å²) in [6, 6.07) is 2.27. The van der Waals surface area contributed by atoms with Gasteiger partial charge in [-0.3, -0.25) is 14.9 Å². The average molecular weight is 320 g/mol. The summed E-state index contributed by atoms with van der Waals surface area (Å²) in [5.41, 5.74) is -1.07. The Balaban J connectivity index is 2.29. The minimum Gasteiger partial charge on any atom is -0.484 e. The predicted octanol–water partition coefficient (Wildman–Crippen LogP) is 3.68. The summed E-state index contributed by atoms with van der Waals surface area (Å²) in [7, 11) is 0. The first-order valence-electron chi connectivity index (χ1n) is 5.87. The fourth-order valence-corrected chi connectivity index (χ4v) is 2.68. The van der Waals surface area contributed by atoms with Crippen molar-refractivity contribution in [2.24, 2.45) is 0 Å². The van der Waals surface area contributed by atoms with Crippen LogP contribution in [0.2, 0.25) is 10.0 Å². The van der Waals surface area contributed by atoms with Crippen molar-refractivity contribution in [1.82, 2.24) is 0 Å². The van der Waals surface area contributed by atoms with Crippen LogP contribution in [0.3, 0.4) is 0 Å². The summed E-state index contributed by atoms with van der Waals surface area (Å²) < 4.78 is 5.68. The van der Waals surface area contributed by atoms with Crippen molar-refractivity contribution in [3.63, 3.8) is 0 Å². The van der Waals surface area contributed by atoms with E-state index in [2.05, 4.69) is 0 Å². The molecule has 1 aliphatic carbocycles. The van der Waals surface area contributed by atoms with Crippen LogP contribution in [0.25, 0.3) is 0 Å². The number of nitro groups is 1. The van der Waals surface area contributed by atoms with Crippen molar-refractivity contribution >= 4 is 34.9 Å². The highest BCUT2D eigenvalue weighted by Gasteiger charge is 2.42. The summed E-state index contributed by atoms with van der Waals surface area (Å²) >= 11 is 11.9. The summed E-state index contributed by atoms with van der Waals surface area (Å²) in [6.07, 6.45) is 1.87. The molecule has 0 aromatic heterocycles. The van der Waals surface area contributed by atoms with Gasteiger partial charge in [-0.1, -0.05) is 23.2 Å². The smallest absolute Gasteiger partial charge is 0.307 e. The number of carbonyl (C=O) groups is 1. The summed E-state index contributed by atoms with van der Waals surface area (Å²) in [6.45, 7) is 0. The molecule has 2 rings (SSSR count). The van der Waals surface area contributed by atoms with Crippen LogP contribution >= 0.6 is 23.2 Å². The van der Waals surface area contributed by atoms with E-state index in [4.69, 9.17) is 33.0 Å². The lowest BCUT2D eigenvalue weighted by atomic mass is 9.77. The lowest BCUT2D eigenvalue weighted by Crippen LogP contribution is -2.45. The van der Waals surface area contributed by atoms with E-state index in [9.17, 15) is 14.9 Å². The van der Waals surface area contributed by atoms with Gasteiger partial charge in [-0.05, 0) is 19.3 Å². The van der Waals surface area contributed by atoms with Crippen molar-refractivity contribution in [2.45, 2.75) is 31.3 Å². The van der Waals surface area contributed by atoms with Gasteiger partial charge in [0.2, 0.25) is 0 Å². The minimum atomic E-state index is -0.973. The number of nitro benzene ring substituents is 1. The van der Waals surface area contributed by atoms with Crippen LogP contribution in [0.1, 0.15) is 25.7 Å². The number of aliphatic carboxylic acids is 1. The molecule has 1 aromatic carbocycles. The number of halogens is 2. The molecule has 1 aliphatic rings. The Hall–Kier alpha value is -1.53. The first-order chi connectivity index (χ1) is 9.33. The Morgan fingerprint density at radius 2 is 1.95 bits per heavy atom. The monoisotopic (exact) mass is 319 g/mol. The maximum Gasteiger partial charge on any atom is 0.307 e. The Kier molecular flexibility index (Phi) is 4.06. The Bertz CT molecular complexity index is 548. The Morgan fingerprint density at radius 1 is 1.40 bits per heavy atom. The average Bonchev–Trinajstić information content (AvgIpc) is 2.29. The molecular weight excluding hydrogens is 309 g/mol. The van der Waals surface area contributed by atoms with Gasteiger partial charge in [0.15, 0.2) is 5.75 Å². The molecule has 108 valence electrons. The molecule has 20 heavy (non-hydrogen) atoms. The SMILES string of the molecule is O=C(O)CC1(Oc2c(Cl)cc([N+](=O)[O-])cc2Cl)CCC1. The lowest BCUT2D eigenvalue weighted by Gasteiger charge is -2.41. The van der Waals surface area contributed by atoms with Gasteiger partial charge in [0, 0.05) is 12.1 Å². The molecule has 0 amide bonds. The number of benzene rings is 1. The third-order valence-electron chi connectivity index (χ3n) is 3.25. The van der Waals surface area contributed by atoms with Gasteiger partial charge in [0.1, 0.15) is 5.60 Å². The fourth-order valence-electron chi connectivity index (χ4n) is 2.13. The first-order valence-corrected chi connectivity index (χ1v) is 6.63. The Morgan fingerprint density at radius 3 is 2.30 bits per heavy atom. The number of carboxylic acids is 1. The van der Waals surface area contributed by atoms with Gasteiger partial charge >= 0.3 is 5.97 Å². The van der Waals surface area contributed by atoms with E-state index >= 15 is 0 Å². The molecule has 0 saturated heterocycles. The number of hydrogen-bond acceptors (Lipinski definition) is 4. The van der Waals surface area contributed by atoms with E-state index in [0.29, 0.717) is 12.8 Å². The van der Waals surface area contributed by atoms with E-state index in [-0.39, 0.29) is 27.9 Å². The van der Waals surface area contributed by atoms with E-state index in [1.165, 1.54) is 0 Å². The quantitative estimate of drug-likeness (QED) is 0.660. The van der Waals surface area contributed by atoms with Crippen LogP contribution in [0.15, 0.2) is 12.1 Å². The van der Waals surface area contributed by atoms with Crippen LogP contribution in [0.5, 0.6) is 5.75 Å². The van der Waals surface area contributed by atoms with Crippen molar-refractivity contribution in [1.29, 1.82) is 0 Å². The number of rotatable bonds is 5. The molecule has 1 saturated carbocycles.